The normalized spacial score (nSPS) is 17.1. The predicted octanol–water partition coefficient (Wildman–Crippen LogP) is 0.629. The lowest BCUT2D eigenvalue weighted by Gasteiger charge is -2.35. The molecule has 0 radical (unpaired) electrons. The van der Waals surface area contributed by atoms with Crippen molar-refractivity contribution in [3.8, 4) is 0 Å². The van der Waals surface area contributed by atoms with E-state index in [-0.39, 0.29) is 5.82 Å². The Bertz CT molecular complexity index is 404. The first-order chi connectivity index (χ1) is 8.16. The molecule has 4 nitrogen and oxygen atoms in total. The van der Waals surface area contributed by atoms with E-state index in [1.54, 1.807) is 12.3 Å². The molecule has 0 saturated carbocycles. The van der Waals surface area contributed by atoms with Crippen molar-refractivity contribution >= 4 is 23.0 Å². The van der Waals surface area contributed by atoms with Gasteiger partial charge in [0.2, 0.25) is 0 Å². The molecule has 2 N–H and O–H groups in total. The minimum absolute atomic E-state index is 0.268. The van der Waals surface area contributed by atoms with Gasteiger partial charge < -0.3 is 10.6 Å². The fourth-order valence-corrected chi connectivity index (χ4v) is 2.13. The van der Waals surface area contributed by atoms with E-state index in [1.165, 1.54) is 6.07 Å². The van der Waals surface area contributed by atoms with E-state index in [9.17, 15) is 4.39 Å². The number of thiocarbonyl (C=S) groups is 1. The number of nitrogens with two attached hydrogens (primary N) is 1. The molecule has 0 bridgehead atoms. The summed E-state index contributed by atoms with van der Waals surface area (Å²) in [5.74, 6) is 0.165. The van der Waals surface area contributed by atoms with Crippen LogP contribution in [0.1, 0.15) is 0 Å². The molecule has 1 aromatic rings. The first-order valence-electron chi connectivity index (χ1n) is 5.53. The maximum atomic E-state index is 13.5. The van der Waals surface area contributed by atoms with Crippen LogP contribution in [0.3, 0.4) is 0 Å². The third kappa shape index (κ3) is 3.10. The van der Waals surface area contributed by atoms with E-state index in [1.807, 2.05) is 4.90 Å². The second-order valence-corrected chi connectivity index (χ2v) is 4.56. The maximum Gasteiger partial charge on any atom is 0.165 e. The summed E-state index contributed by atoms with van der Waals surface area (Å²) < 4.78 is 13.5. The maximum absolute atomic E-state index is 13.5. The van der Waals surface area contributed by atoms with Crippen molar-refractivity contribution in [1.82, 2.24) is 9.88 Å². The SMILES string of the molecule is NC(=S)CN1CCN(c2ncccc2F)CC1. The van der Waals surface area contributed by atoms with E-state index in [0.717, 1.165) is 26.2 Å². The van der Waals surface area contributed by atoms with Crippen LogP contribution >= 0.6 is 12.2 Å². The van der Waals surface area contributed by atoms with Crippen LogP contribution in [0.2, 0.25) is 0 Å². The van der Waals surface area contributed by atoms with Crippen molar-refractivity contribution < 1.29 is 4.39 Å². The zero-order valence-electron chi connectivity index (χ0n) is 9.47. The van der Waals surface area contributed by atoms with Gasteiger partial charge >= 0.3 is 0 Å². The van der Waals surface area contributed by atoms with Crippen molar-refractivity contribution in [1.29, 1.82) is 0 Å². The van der Waals surface area contributed by atoms with Gasteiger partial charge in [-0.2, -0.15) is 0 Å². The minimum Gasteiger partial charge on any atom is -0.392 e. The number of nitrogens with zero attached hydrogens (tertiary/aromatic N) is 3. The molecule has 2 heterocycles. The van der Waals surface area contributed by atoms with Crippen LogP contribution < -0.4 is 10.6 Å². The number of piperazine rings is 1. The van der Waals surface area contributed by atoms with Crippen molar-refractivity contribution in [2.24, 2.45) is 5.73 Å². The Balaban J connectivity index is 1.95. The molecule has 1 saturated heterocycles. The van der Waals surface area contributed by atoms with Gasteiger partial charge in [-0.1, -0.05) is 12.2 Å². The highest BCUT2D eigenvalue weighted by Gasteiger charge is 2.20. The number of anilines is 1. The molecule has 0 amide bonds. The highest BCUT2D eigenvalue weighted by Crippen LogP contribution is 2.16. The van der Waals surface area contributed by atoms with Gasteiger partial charge in [0, 0.05) is 38.9 Å². The summed E-state index contributed by atoms with van der Waals surface area (Å²) in [5, 5.41) is 0. The Kier molecular flexibility index (Phi) is 3.86. The van der Waals surface area contributed by atoms with Gasteiger partial charge in [0.25, 0.3) is 0 Å². The zero-order chi connectivity index (χ0) is 12.3. The van der Waals surface area contributed by atoms with Crippen LogP contribution in [0.25, 0.3) is 0 Å². The monoisotopic (exact) mass is 254 g/mol. The van der Waals surface area contributed by atoms with Crippen LogP contribution in [0.4, 0.5) is 10.2 Å². The van der Waals surface area contributed by atoms with Crippen LogP contribution in [0.5, 0.6) is 0 Å². The first-order valence-corrected chi connectivity index (χ1v) is 5.94. The van der Waals surface area contributed by atoms with E-state index < -0.39 is 0 Å². The van der Waals surface area contributed by atoms with E-state index in [4.69, 9.17) is 18.0 Å². The summed E-state index contributed by atoms with van der Waals surface area (Å²) in [6.45, 7) is 3.78. The molecule has 0 unspecified atom stereocenters. The molecule has 0 aromatic carbocycles. The van der Waals surface area contributed by atoms with Crippen LogP contribution in [0.15, 0.2) is 18.3 Å². The molecule has 0 atom stereocenters. The largest absolute Gasteiger partial charge is 0.392 e. The van der Waals surface area contributed by atoms with E-state index in [0.29, 0.717) is 17.4 Å². The number of rotatable bonds is 3. The second kappa shape index (κ2) is 5.37. The summed E-state index contributed by atoms with van der Waals surface area (Å²) in [4.78, 5) is 8.69. The minimum atomic E-state index is -0.268. The summed E-state index contributed by atoms with van der Waals surface area (Å²) in [7, 11) is 0. The van der Waals surface area contributed by atoms with E-state index in [2.05, 4.69) is 9.88 Å². The Morgan fingerprint density at radius 1 is 1.41 bits per heavy atom. The standard InChI is InChI=1S/C11H15FN4S/c12-9-2-1-3-14-11(9)16-6-4-15(5-7-16)8-10(13)17/h1-3H,4-8H2,(H2,13,17). The number of pyridine rings is 1. The van der Waals surface area contributed by atoms with Gasteiger partial charge in [-0.25, -0.2) is 9.37 Å². The third-order valence-electron chi connectivity index (χ3n) is 2.79. The molecule has 17 heavy (non-hydrogen) atoms. The molecule has 1 aliphatic heterocycles. The van der Waals surface area contributed by atoms with Gasteiger partial charge in [0.1, 0.15) is 0 Å². The molecule has 1 aliphatic rings. The molecule has 2 rings (SSSR count). The molecule has 1 fully saturated rings. The van der Waals surface area contributed by atoms with Crippen molar-refractivity contribution in [2.75, 3.05) is 37.6 Å². The summed E-state index contributed by atoms with van der Waals surface area (Å²) >= 11 is 4.87. The van der Waals surface area contributed by atoms with Gasteiger partial charge in [-0.05, 0) is 12.1 Å². The molecule has 6 heteroatoms. The lowest BCUT2D eigenvalue weighted by atomic mass is 10.3. The van der Waals surface area contributed by atoms with Crippen LogP contribution in [-0.2, 0) is 0 Å². The summed E-state index contributed by atoms with van der Waals surface area (Å²) in [6, 6.07) is 3.03. The number of aromatic nitrogens is 1. The lowest BCUT2D eigenvalue weighted by molar-refractivity contribution is 0.290. The predicted molar refractivity (Wildman–Crippen MR) is 69.6 cm³/mol. The summed E-state index contributed by atoms with van der Waals surface area (Å²) in [6.07, 6.45) is 1.61. The molecular weight excluding hydrogens is 239 g/mol. The Hall–Kier alpha value is -1.27. The second-order valence-electron chi connectivity index (χ2n) is 4.04. The number of hydrogen-bond donors (Lipinski definition) is 1. The van der Waals surface area contributed by atoms with Gasteiger partial charge in [-0.3, -0.25) is 4.90 Å². The Labute approximate surface area is 105 Å². The Morgan fingerprint density at radius 3 is 2.71 bits per heavy atom. The van der Waals surface area contributed by atoms with Crippen LogP contribution in [0, 0.1) is 5.82 Å². The summed E-state index contributed by atoms with van der Waals surface area (Å²) in [5.41, 5.74) is 5.50. The smallest absolute Gasteiger partial charge is 0.165 e. The number of halogens is 1. The topological polar surface area (TPSA) is 45.4 Å². The molecule has 92 valence electrons. The molecular formula is C11H15FN4S. The zero-order valence-corrected chi connectivity index (χ0v) is 10.3. The average molecular weight is 254 g/mol. The highest BCUT2D eigenvalue weighted by atomic mass is 32.1. The average Bonchev–Trinajstić information content (AvgIpc) is 2.30. The fourth-order valence-electron chi connectivity index (χ4n) is 1.95. The first kappa shape index (κ1) is 12.2. The molecule has 0 spiro atoms. The number of hydrogen-bond acceptors (Lipinski definition) is 4. The van der Waals surface area contributed by atoms with Gasteiger partial charge in [0.15, 0.2) is 11.6 Å². The highest BCUT2D eigenvalue weighted by molar-refractivity contribution is 7.80. The molecule has 1 aromatic heterocycles. The van der Waals surface area contributed by atoms with Crippen molar-refractivity contribution in [2.45, 2.75) is 0 Å². The van der Waals surface area contributed by atoms with Crippen LogP contribution in [-0.4, -0.2) is 47.6 Å². The van der Waals surface area contributed by atoms with Crippen molar-refractivity contribution in [3.63, 3.8) is 0 Å². The van der Waals surface area contributed by atoms with Gasteiger partial charge in [0.05, 0.1) is 4.99 Å². The quantitative estimate of drug-likeness (QED) is 0.802. The fraction of sp³-hybridized carbons (Fsp3) is 0.455. The van der Waals surface area contributed by atoms with E-state index >= 15 is 0 Å². The lowest BCUT2D eigenvalue weighted by Crippen LogP contribution is -2.49. The Morgan fingerprint density at radius 2 is 2.12 bits per heavy atom. The third-order valence-corrected chi connectivity index (χ3v) is 2.92. The van der Waals surface area contributed by atoms with Gasteiger partial charge in [-0.15, -0.1) is 0 Å². The molecule has 0 aliphatic carbocycles. The van der Waals surface area contributed by atoms with Crippen molar-refractivity contribution in [3.05, 3.63) is 24.1 Å².